The second kappa shape index (κ2) is 8.94. The lowest BCUT2D eigenvalue weighted by Gasteiger charge is -2.14. The van der Waals surface area contributed by atoms with Crippen molar-refractivity contribution in [3.8, 4) is 0 Å². The first kappa shape index (κ1) is 18.6. The van der Waals surface area contributed by atoms with Gasteiger partial charge in [0.2, 0.25) is 0 Å². The Morgan fingerprint density at radius 3 is 2.19 bits per heavy atom. The van der Waals surface area contributed by atoms with E-state index in [9.17, 15) is 4.79 Å². The Hall–Kier alpha value is -3.21. The van der Waals surface area contributed by atoms with E-state index in [1.807, 2.05) is 30.3 Å². The van der Waals surface area contributed by atoms with E-state index in [0.717, 1.165) is 24.1 Å². The van der Waals surface area contributed by atoms with Gasteiger partial charge in [0.15, 0.2) is 0 Å². The third-order valence-electron chi connectivity index (χ3n) is 4.43. The highest BCUT2D eigenvalue weighted by atomic mass is 16.1. The van der Waals surface area contributed by atoms with Gasteiger partial charge in [-0.05, 0) is 29.5 Å². The zero-order valence-corrected chi connectivity index (χ0v) is 15.7. The lowest BCUT2D eigenvalue weighted by Crippen LogP contribution is -2.24. The summed E-state index contributed by atoms with van der Waals surface area (Å²) in [6.07, 6.45) is 4.97. The molecule has 0 unspecified atom stereocenters. The standard InChI is InChI=1S/C22H24N4O/c1-3-17-11-8-12-18(4-2)21(17)26-20-15-23-19(14-24-20)22(27)25-13-16-9-6-5-7-10-16/h5-12,14-15H,3-4,13H2,1-2H3,(H,24,26)(H,25,27). The van der Waals surface area contributed by atoms with Crippen LogP contribution in [0.15, 0.2) is 60.9 Å². The first-order valence-corrected chi connectivity index (χ1v) is 9.23. The van der Waals surface area contributed by atoms with Crippen LogP contribution in [0, 0.1) is 0 Å². The van der Waals surface area contributed by atoms with Gasteiger partial charge in [-0.1, -0.05) is 62.4 Å². The van der Waals surface area contributed by atoms with Gasteiger partial charge in [0.1, 0.15) is 11.5 Å². The summed E-state index contributed by atoms with van der Waals surface area (Å²) in [5.74, 6) is 0.395. The van der Waals surface area contributed by atoms with Gasteiger partial charge in [-0.2, -0.15) is 0 Å². The maximum absolute atomic E-state index is 12.3. The van der Waals surface area contributed by atoms with Crippen LogP contribution in [0.3, 0.4) is 0 Å². The van der Waals surface area contributed by atoms with Crippen molar-refractivity contribution in [1.82, 2.24) is 15.3 Å². The van der Waals surface area contributed by atoms with E-state index < -0.39 is 0 Å². The normalized spacial score (nSPS) is 10.4. The Morgan fingerprint density at radius 1 is 0.889 bits per heavy atom. The highest BCUT2D eigenvalue weighted by Gasteiger charge is 2.10. The van der Waals surface area contributed by atoms with Gasteiger partial charge in [0.25, 0.3) is 5.91 Å². The molecule has 1 heterocycles. The summed E-state index contributed by atoms with van der Waals surface area (Å²) < 4.78 is 0. The number of nitrogens with one attached hydrogen (secondary N) is 2. The average Bonchev–Trinajstić information content (AvgIpc) is 2.73. The number of nitrogens with zero attached hydrogens (tertiary/aromatic N) is 2. The summed E-state index contributed by atoms with van der Waals surface area (Å²) in [4.78, 5) is 20.9. The molecule has 0 aliphatic rings. The summed E-state index contributed by atoms with van der Waals surface area (Å²) in [7, 11) is 0. The number of hydrogen-bond acceptors (Lipinski definition) is 4. The Morgan fingerprint density at radius 2 is 1.59 bits per heavy atom. The predicted octanol–water partition coefficient (Wildman–Crippen LogP) is 4.28. The number of aryl methyl sites for hydroxylation is 2. The summed E-state index contributed by atoms with van der Waals surface area (Å²) in [6, 6.07) is 16.1. The van der Waals surface area contributed by atoms with Crippen molar-refractivity contribution >= 4 is 17.4 Å². The molecule has 3 aromatic rings. The molecule has 0 spiro atoms. The van der Waals surface area contributed by atoms with Crippen LogP contribution in [0.5, 0.6) is 0 Å². The molecular formula is C22H24N4O. The van der Waals surface area contributed by atoms with Gasteiger partial charge in [-0.15, -0.1) is 0 Å². The maximum atomic E-state index is 12.3. The molecule has 3 rings (SSSR count). The summed E-state index contributed by atoms with van der Waals surface area (Å²) in [5.41, 5.74) is 4.90. The number of amides is 1. The third kappa shape index (κ3) is 4.70. The van der Waals surface area contributed by atoms with Crippen LogP contribution in [0.2, 0.25) is 0 Å². The van der Waals surface area contributed by atoms with Gasteiger partial charge in [-0.25, -0.2) is 9.97 Å². The van der Waals surface area contributed by atoms with E-state index in [1.54, 1.807) is 6.20 Å². The minimum absolute atomic E-state index is 0.235. The molecule has 1 amide bonds. The zero-order chi connectivity index (χ0) is 19.1. The van der Waals surface area contributed by atoms with Crippen molar-refractivity contribution in [3.05, 3.63) is 83.3 Å². The number of anilines is 2. The maximum Gasteiger partial charge on any atom is 0.271 e. The first-order valence-electron chi connectivity index (χ1n) is 9.23. The Labute approximate surface area is 159 Å². The molecule has 0 bridgehead atoms. The second-order valence-electron chi connectivity index (χ2n) is 6.24. The molecule has 5 nitrogen and oxygen atoms in total. The lowest BCUT2D eigenvalue weighted by molar-refractivity contribution is 0.0945. The molecule has 0 aliphatic carbocycles. The van der Waals surface area contributed by atoms with E-state index in [-0.39, 0.29) is 5.91 Å². The lowest BCUT2D eigenvalue weighted by atomic mass is 10.0. The number of aromatic nitrogens is 2. The van der Waals surface area contributed by atoms with E-state index in [1.165, 1.54) is 17.3 Å². The first-order chi connectivity index (χ1) is 13.2. The Bertz CT molecular complexity index is 870. The highest BCUT2D eigenvalue weighted by molar-refractivity contribution is 5.92. The van der Waals surface area contributed by atoms with Gasteiger partial charge in [-0.3, -0.25) is 4.79 Å². The van der Waals surface area contributed by atoms with E-state index in [0.29, 0.717) is 18.1 Å². The topological polar surface area (TPSA) is 66.9 Å². The van der Waals surface area contributed by atoms with Gasteiger partial charge in [0, 0.05) is 12.2 Å². The molecule has 27 heavy (non-hydrogen) atoms. The van der Waals surface area contributed by atoms with E-state index in [2.05, 4.69) is 52.6 Å². The molecule has 1 aromatic heterocycles. The van der Waals surface area contributed by atoms with Crippen molar-refractivity contribution in [1.29, 1.82) is 0 Å². The Balaban J connectivity index is 1.68. The van der Waals surface area contributed by atoms with Crippen LogP contribution in [0.1, 0.15) is 41.0 Å². The fourth-order valence-corrected chi connectivity index (χ4v) is 2.91. The number of rotatable bonds is 7. The van der Waals surface area contributed by atoms with Crippen LogP contribution in [-0.2, 0) is 19.4 Å². The number of benzene rings is 2. The molecular weight excluding hydrogens is 336 g/mol. The number of hydrogen-bond donors (Lipinski definition) is 2. The Kier molecular flexibility index (Phi) is 6.15. The van der Waals surface area contributed by atoms with Crippen LogP contribution in [-0.4, -0.2) is 15.9 Å². The van der Waals surface area contributed by atoms with E-state index >= 15 is 0 Å². The summed E-state index contributed by atoms with van der Waals surface area (Å²) in [6.45, 7) is 4.72. The van der Waals surface area contributed by atoms with Crippen molar-refractivity contribution in [2.24, 2.45) is 0 Å². The predicted molar refractivity (Wildman–Crippen MR) is 108 cm³/mol. The van der Waals surface area contributed by atoms with Crippen molar-refractivity contribution in [3.63, 3.8) is 0 Å². The van der Waals surface area contributed by atoms with Crippen molar-refractivity contribution < 1.29 is 4.79 Å². The summed E-state index contributed by atoms with van der Waals surface area (Å²) in [5, 5.41) is 6.22. The van der Waals surface area contributed by atoms with Crippen LogP contribution in [0.25, 0.3) is 0 Å². The smallest absolute Gasteiger partial charge is 0.271 e. The molecule has 2 N–H and O–H groups in total. The molecule has 0 atom stereocenters. The molecule has 0 saturated carbocycles. The SMILES string of the molecule is CCc1cccc(CC)c1Nc1cnc(C(=O)NCc2ccccc2)cn1. The number of carbonyl (C=O) groups is 1. The molecule has 138 valence electrons. The second-order valence-corrected chi connectivity index (χ2v) is 6.24. The molecule has 0 radical (unpaired) electrons. The molecule has 5 heteroatoms. The van der Waals surface area contributed by atoms with Crippen LogP contribution in [0.4, 0.5) is 11.5 Å². The van der Waals surface area contributed by atoms with E-state index in [4.69, 9.17) is 0 Å². The molecule has 2 aromatic carbocycles. The van der Waals surface area contributed by atoms with Crippen LogP contribution < -0.4 is 10.6 Å². The largest absolute Gasteiger partial charge is 0.347 e. The number of para-hydroxylation sites is 1. The highest BCUT2D eigenvalue weighted by Crippen LogP contribution is 2.25. The zero-order valence-electron chi connectivity index (χ0n) is 15.7. The minimum atomic E-state index is -0.235. The molecule has 0 aliphatic heterocycles. The summed E-state index contributed by atoms with van der Waals surface area (Å²) >= 11 is 0. The van der Waals surface area contributed by atoms with Crippen molar-refractivity contribution in [2.75, 3.05) is 5.32 Å². The minimum Gasteiger partial charge on any atom is -0.347 e. The quantitative estimate of drug-likeness (QED) is 0.660. The third-order valence-corrected chi connectivity index (χ3v) is 4.43. The molecule has 0 fully saturated rings. The fourth-order valence-electron chi connectivity index (χ4n) is 2.91. The fraction of sp³-hybridized carbons (Fsp3) is 0.227. The average molecular weight is 360 g/mol. The van der Waals surface area contributed by atoms with Crippen LogP contribution >= 0.6 is 0 Å². The van der Waals surface area contributed by atoms with Gasteiger partial charge < -0.3 is 10.6 Å². The molecule has 0 saturated heterocycles. The van der Waals surface area contributed by atoms with Gasteiger partial charge >= 0.3 is 0 Å². The van der Waals surface area contributed by atoms with Crippen molar-refractivity contribution in [2.45, 2.75) is 33.2 Å². The monoisotopic (exact) mass is 360 g/mol. The van der Waals surface area contributed by atoms with Gasteiger partial charge in [0.05, 0.1) is 12.4 Å². The number of carbonyl (C=O) groups excluding carboxylic acids is 1.